The monoisotopic (exact) mass is 363 g/mol. The van der Waals surface area contributed by atoms with Crippen molar-refractivity contribution in [2.75, 3.05) is 30.4 Å². The summed E-state index contributed by atoms with van der Waals surface area (Å²) in [5, 5.41) is 3.76. The lowest BCUT2D eigenvalue weighted by Gasteiger charge is -2.53. The minimum absolute atomic E-state index is 0.199. The first-order chi connectivity index (χ1) is 13.2. The Hall–Kier alpha value is -2.69. The third-order valence-electron chi connectivity index (χ3n) is 6.14. The lowest BCUT2D eigenvalue weighted by atomic mass is 9.89. The largest absolute Gasteiger partial charge is 0.497 e. The molecule has 1 aliphatic carbocycles. The fourth-order valence-corrected chi connectivity index (χ4v) is 4.56. The molecule has 5 rings (SSSR count). The molecule has 1 saturated heterocycles. The van der Waals surface area contributed by atoms with Gasteiger partial charge in [0, 0.05) is 43.3 Å². The Labute approximate surface area is 159 Å². The van der Waals surface area contributed by atoms with Crippen LogP contribution in [0.25, 0.3) is 0 Å². The van der Waals surface area contributed by atoms with Crippen molar-refractivity contribution >= 4 is 17.3 Å². The summed E-state index contributed by atoms with van der Waals surface area (Å²) in [6.45, 7) is 1.86. The van der Waals surface area contributed by atoms with Crippen molar-refractivity contribution in [3.63, 3.8) is 0 Å². The molecule has 2 aliphatic heterocycles. The molecule has 0 unspecified atom stereocenters. The number of amides is 1. The summed E-state index contributed by atoms with van der Waals surface area (Å²) in [4.78, 5) is 17.8. The summed E-state index contributed by atoms with van der Waals surface area (Å²) in [5.74, 6) is 1.08. The Morgan fingerprint density at radius 3 is 2.41 bits per heavy atom. The van der Waals surface area contributed by atoms with E-state index in [0.29, 0.717) is 6.04 Å². The van der Waals surface area contributed by atoms with Gasteiger partial charge in [0.15, 0.2) is 0 Å². The molecule has 1 amide bonds. The number of carbonyl (C=O) groups is 1. The van der Waals surface area contributed by atoms with Gasteiger partial charge in [-0.05, 0) is 49.2 Å². The Morgan fingerprint density at radius 2 is 1.74 bits per heavy atom. The lowest BCUT2D eigenvalue weighted by Crippen LogP contribution is -2.64. The third kappa shape index (κ3) is 2.73. The number of nitrogens with zero attached hydrogens (tertiary/aromatic N) is 2. The first-order valence-corrected chi connectivity index (χ1v) is 9.80. The molecule has 1 spiro atoms. The number of nitrogens with one attached hydrogen (secondary N) is 1. The third-order valence-corrected chi connectivity index (χ3v) is 6.14. The molecule has 2 aromatic rings. The number of piperidine rings is 1. The topological polar surface area (TPSA) is 44.8 Å². The van der Waals surface area contributed by atoms with Crippen LogP contribution in [0.15, 0.2) is 48.5 Å². The van der Waals surface area contributed by atoms with Gasteiger partial charge in [-0.25, -0.2) is 0 Å². The van der Waals surface area contributed by atoms with E-state index in [1.165, 1.54) is 5.69 Å². The average Bonchev–Trinajstić information content (AvgIpc) is 3.54. The van der Waals surface area contributed by atoms with Gasteiger partial charge in [-0.2, -0.15) is 0 Å². The van der Waals surface area contributed by atoms with Gasteiger partial charge >= 0.3 is 0 Å². The SMILES string of the molecule is COc1ccc(N2CCC3(CC2)Nc2ccccc2C(=O)N3C2CC2)cc1. The van der Waals surface area contributed by atoms with Crippen LogP contribution in [0.5, 0.6) is 5.75 Å². The number of rotatable bonds is 3. The molecule has 140 valence electrons. The van der Waals surface area contributed by atoms with Crippen LogP contribution in [0.2, 0.25) is 0 Å². The van der Waals surface area contributed by atoms with Crippen LogP contribution < -0.4 is 15.0 Å². The van der Waals surface area contributed by atoms with E-state index in [-0.39, 0.29) is 11.6 Å². The highest BCUT2D eigenvalue weighted by Gasteiger charge is 2.51. The van der Waals surface area contributed by atoms with Crippen molar-refractivity contribution in [3.05, 3.63) is 54.1 Å². The maximum Gasteiger partial charge on any atom is 0.258 e. The van der Waals surface area contributed by atoms with Crippen molar-refractivity contribution in [1.82, 2.24) is 4.90 Å². The highest BCUT2D eigenvalue weighted by Crippen LogP contribution is 2.44. The molecule has 0 bridgehead atoms. The number of methoxy groups -OCH3 is 1. The highest BCUT2D eigenvalue weighted by atomic mass is 16.5. The van der Waals surface area contributed by atoms with E-state index in [2.05, 4.69) is 27.2 Å². The Kier molecular flexibility index (Phi) is 3.78. The molecule has 1 saturated carbocycles. The Balaban J connectivity index is 1.40. The van der Waals surface area contributed by atoms with Gasteiger partial charge in [-0.3, -0.25) is 4.79 Å². The van der Waals surface area contributed by atoms with Crippen LogP contribution in [0.3, 0.4) is 0 Å². The van der Waals surface area contributed by atoms with E-state index in [9.17, 15) is 4.79 Å². The van der Waals surface area contributed by atoms with Crippen LogP contribution in [0.4, 0.5) is 11.4 Å². The van der Waals surface area contributed by atoms with Crippen molar-refractivity contribution in [3.8, 4) is 5.75 Å². The van der Waals surface area contributed by atoms with Crippen LogP contribution in [0, 0.1) is 0 Å². The number of carbonyl (C=O) groups excluding carboxylic acids is 1. The Bertz CT molecular complexity index is 852. The molecule has 5 heteroatoms. The molecule has 3 aliphatic rings. The number of hydrogen-bond donors (Lipinski definition) is 1. The molecule has 2 heterocycles. The Morgan fingerprint density at radius 1 is 1.04 bits per heavy atom. The maximum atomic E-state index is 13.3. The molecule has 0 atom stereocenters. The van der Waals surface area contributed by atoms with E-state index in [1.54, 1.807) is 7.11 Å². The first-order valence-electron chi connectivity index (χ1n) is 9.80. The van der Waals surface area contributed by atoms with Crippen molar-refractivity contribution in [2.45, 2.75) is 37.4 Å². The highest BCUT2D eigenvalue weighted by molar-refractivity contribution is 6.02. The standard InChI is InChI=1S/C22H25N3O2/c1-27-18-10-8-16(9-11-18)24-14-12-22(13-15-24)23-20-5-3-2-4-19(20)21(26)25(22)17-6-7-17/h2-5,8-11,17,23H,6-7,12-15H2,1H3. The minimum atomic E-state index is -0.254. The summed E-state index contributed by atoms with van der Waals surface area (Å²) in [7, 11) is 1.69. The molecule has 5 nitrogen and oxygen atoms in total. The van der Waals surface area contributed by atoms with Gasteiger partial charge in [-0.1, -0.05) is 12.1 Å². The molecule has 27 heavy (non-hydrogen) atoms. The van der Waals surface area contributed by atoms with E-state index < -0.39 is 0 Å². The second-order valence-electron chi connectivity index (χ2n) is 7.79. The van der Waals surface area contributed by atoms with Crippen molar-refractivity contribution in [1.29, 1.82) is 0 Å². The zero-order valence-corrected chi connectivity index (χ0v) is 15.6. The van der Waals surface area contributed by atoms with Crippen molar-refractivity contribution in [2.24, 2.45) is 0 Å². The summed E-state index contributed by atoms with van der Waals surface area (Å²) in [5.41, 5.74) is 2.76. The summed E-state index contributed by atoms with van der Waals surface area (Å²) >= 11 is 0. The quantitative estimate of drug-likeness (QED) is 0.903. The average molecular weight is 363 g/mol. The zero-order valence-electron chi connectivity index (χ0n) is 15.6. The fraction of sp³-hybridized carbons (Fsp3) is 0.409. The smallest absolute Gasteiger partial charge is 0.258 e. The number of anilines is 2. The number of hydrogen-bond acceptors (Lipinski definition) is 4. The second kappa shape index (κ2) is 6.19. The van der Waals surface area contributed by atoms with Gasteiger partial charge < -0.3 is 19.9 Å². The van der Waals surface area contributed by atoms with Crippen LogP contribution >= 0.6 is 0 Å². The van der Waals surface area contributed by atoms with E-state index in [0.717, 1.165) is 55.8 Å². The number of benzene rings is 2. The minimum Gasteiger partial charge on any atom is -0.497 e. The summed E-state index contributed by atoms with van der Waals surface area (Å²) < 4.78 is 5.27. The predicted molar refractivity (Wildman–Crippen MR) is 106 cm³/mol. The number of para-hydroxylation sites is 1. The van der Waals surface area contributed by atoms with E-state index >= 15 is 0 Å². The summed E-state index contributed by atoms with van der Waals surface area (Å²) in [6.07, 6.45) is 4.10. The van der Waals surface area contributed by atoms with Crippen LogP contribution in [0.1, 0.15) is 36.0 Å². The number of ether oxygens (including phenoxy) is 1. The molecular weight excluding hydrogens is 338 g/mol. The van der Waals surface area contributed by atoms with Gasteiger partial charge in [0.2, 0.25) is 0 Å². The second-order valence-corrected chi connectivity index (χ2v) is 7.79. The molecule has 1 N–H and O–H groups in total. The van der Waals surface area contributed by atoms with E-state index in [4.69, 9.17) is 4.74 Å². The zero-order chi connectivity index (χ0) is 18.4. The molecule has 0 aromatic heterocycles. The van der Waals surface area contributed by atoms with Crippen LogP contribution in [-0.2, 0) is 0 Å². The first kappa shape index (κ1) is 16.5. The fourth-order valence-electron chi connectivity index (χ4n) is 4.56. The number of fused-ring (bicyclic) bond motifs is 1. The van der Waals surface area contributed by atoms with Crippen LogP contribution in [-0.4, -0.2) is 42.7 Å². The van der Waals surface area contributed by atoms with Gasteiger partial charge in [0.25, 0.3) is 5.91 Å². The van der Waals surface area contributed by atoms with Gasteiger partial charge in [0.05, 0.1) is 12.7 Å². The molecule has 2 fully saturated rings. The molecular formula is C22H25N3O2. The van der Waals surface area contributed by atoms with Gasteiger partial charge in [-0.15, -0.1) is 0 Å². The van der Waals surface area contributed by atoms with Gasteiger partial charge in [0.1, 0.15) is 11.4 Å². The van der Waals surface area contributed by atoms with Crippen molar-refractivity contribution < 1.29 is 9.53 Å². The molecule has 0 radical (unpaired) electrons. The molecule has 2 aromatic carbocycles. The lowest BCUT2D eigenvalue weighted by molar-refractivity contribution is 0.0406. The normalized spacial score (nSPS) is 21.0. The maximum absolute atomic E-state index is 13.3. The van der Waals surface area contributed by atoms with E-state index in [1.807, 2.05) is 36.4 Å². The summed E-state index contributed by atoms with van der Waals surface area (Å²) in [6, 6.07) is 16.6. The predicted octanol–water partition coefficient (Wildman–Crippen LogP) is 3.72.